The second kappa shape index (κ2) is 9.80. The van der Waals surface area contributed by atoms with E-state index in [4.69, 9.17) is 0 Å². The van der Waals surface area contributed by atoms with Crippen LogP contribution in [0.3, 0.4) is 0 Å². The van der Waals surface area contributed by atoms with Gasteiger partial charge in [0.05, 0.1) is 0 Å². The Kier molecular flexibility index (Phi) is 9.78. The second-order valence-corrected chi connectivity index (χ2v) is 7.28. The van der Waals surface area contributed by atoms with Crippen LogP contribution in [0.2, 0.25) is 0 Å². The summed E-state index contributed by atoms with van der Waals surface area (Å²) in [5, 5.41) is 0. The third kappa shape index (κ3) is 7.97. The van der Waals surface area contributed by atoms with Crippen molar-refractivity contribution in [1.29, 1.82) is 0 Å². The molecule has 0 saturated heterocycles. The van der Waals surface area contributed by atoms with Crippen molar-refractivity contribution in [2.45, 2.75) is 117 Å². The van der Waals surface area contributed by atoms with E-state index in [2.05, 4.69) is 53.4 Å². The number of hydrogen-bond donors (Lipinski definition) is 0. The highest BCUT2D eigenvalue weighted by molar-refractivity contribution is 4.85. The van der Waals surface area contributed by atoms with Crippen molar-refractivity contribution in [3.63, 3.8) is 0 Å². The molecule has 0 aliphatic rings. The van der Waals surface area contributed by atoms with E-state index in [0.29, 0.717) is 17.6 Å². The summed E-state index contributed by atoms with van der Waals surface area (Å²) in [6.07, 6.45) is 11.2. The quantitative estimate of drug-likeness (QED) is 0.414. The van der Waals surface area contributed by atoms with Gasteiger partial charge in [-0.15, -0.1) is 0 Å². The first-order valence-corrected chi connectivity index (χ1v) is 8.61. The average molecular weight is 270 g/mol. The molecular formula is C18H39N. The zero-order valence-corrected chi connectivity index (χ0v) is 14.8. The first kappa shape index (κ1) is 19.0. The van der Waals surface area contributed by atoms with Gasteiger partial charge in [-0.05, 0) is 48.0 Å². The van der Waals surface area contributed by atoms with Crippen LogP contribution in [0.1, 0.15) is 99.8 Å². The Labute approximate surface area is 123 Å². The maximum Gasteiger partial charge on any atom is 0.0158 e. The molecule has 0 aliphatic heterocycles. The van der Waals surface area contributed by atoms with E-state index in [1.165, 1.54) is 51.4 Å². The van der Waals surface area contributed by atoms with Crippen LogP contribution in [0, 0.1) is 0 Å². The monoisotopic (exact) mass is 269 g/mol. The molecule has 0 saturated carbocycles. The summed E-state index contributed by atoms with van der Waals surface area (Å²) in [5.41, 5.74) is 0.339. The molecule has 0 aliphatic carbocycles. The summed E-state index contributed by atoms with van der Waals surface area (Å²) in [7, 11) is 0. The first-order chi connectivity index (χ1) is 8.83. The molecule has 0 aromatic carbocycles. The van der Waals surface area contributed by atoms with Crippen LogP contribution in [0.4, 0.5) is 0 Å². The van der Waals surface area contributed by atoms with Crippen molar-refractivity contribution < 1.29 is 0 Å². The Morgan fingerprint density at radius 1 is 0.737 bits per heavy atom. The van der Waals surface area contributed by atoms with E-state index < -0.39 is 0 Å². The molecule has 0 fully saturated rings. The van der Waals surface area contributed by atoms with Gasteiger partial charge >= 0.3 is 0 Å². The minimum atomic E-state index is 0.339. The molecule has 0 atom stereocenters. The summed E-state index contributed by atoms with van der Waals surface area (Å²) in [6, 6.07) is 1.28. The standard InChI is InChI=1S/C18H39N/c1-8-9-10-11-12-13-14-15-18(6,7)19(16(2)3)17(4)5/h16-17H,8-15H2,1-7H3. The van der Waals surface area contributed by atoms with Crippen molar-refractivity contribution in [1.82, 2.24) is 4.90 Å². The maximum absolute atomic E-state index is 2.67. The molecule has 0 radical (unpaired) electrons. The summed E-state index contributed by atoms with van der Waals surface area (Å²) in [4.78, 5) is 2.67. The Bertz CT molecular complexity index is 198. The number of nitrogens with zero attached hydrogens (tertiary/aromatic N) is 1. The van der Waals surface area contributed by atoms with Crippen LogP contribution in [-0.2, 0) is 0 Å². The fraction of sp³-hybridized carbons (Fsp3) is 1.00. The average Bonchev–Trinajstić information content (AvgIpc) is 2.26. The molecule has 0 spiro atoms. The van der Waals surface area contributed by atoms with Crippen LogP contribution in [-0.4, -0.2) is 22.5 Å². The Hall–Kier alpha value is -0.0400. The van der Waals surface area contributed by atoms with Crippen LogP contribution in [0.15, 0.2) is 0 Å². The lowest BCUT2D eigenvalue weighted by atomic mass is 9.91. The van der Waals surface area contributed by atoms with E-state index in [0.717, 1.165) is 0 Å². The van der Waals surface area contributed by atoms with Crippen molar-refractivity contribution >= 4 is 0 Å². The molecule has 116 valence electrons. The van der Waals surface area contributed by atoms with Gasteiger partial charge in [0.2, 0.25) is 0 Å². The van der Waals surface area contributed by atoms with Crippen molar-refractivity contribution in [2.75, 3.05) is 0 Å². The van der Waals surface area contributed by atoms with Crippen molar-refractivity contribution in [3.05, 3.63) is 0 Å². The molecule has 1 nitrogen and oxygen atoms in total. The van der Waals surface area contributed by atoms with Gasteiger partial charge in [0.15, 0.2) is 0 Å². The van der Waals surface area contributed by atoms with E-state index in [9.17, 15) is 0 Å². The summed E-state index contributed by atoms with van der Waals surface area (Å²) < 4.78 is 0. The fourth-order valence-corrected chi connectivity index (χ4v) is 3.64. The van der Waals surface area contributed by atoms with Gasteiger partial charge < -0.3 is 0 Å². The third-order valence-corrected chi connectivity index (χ3v) is 4.20. The molecule has 0 unspecified atom stereocenters. The Morgan fingerprint density at radius 3 is 1.58 bits per heavy atom. The van der Waals surface area contributed by atoms with Crippen LogP contribution in [0.5, 0.6) is 0 Å². The van der Waals surface area contributed by atoms with Gasteiger partial charge in [-0.25, -0.2) is 0 Å². The smallest absolute Gasteiger partial charge is 0.0158 e. The van der Waals surface area contributed by atoms with Crippen molar-refractivity contribution in [2.24, 2.45) is 0 Å². The highest BCUT2D eigenvalue weighted by Crippen LogP contribution is 2.27. The zero-order chi connectivity index (χ0) is 14.9. The maximum atomic E-state index is 2.67. The highest BCUT2D eigenvalue weighted by atomic mass is 15.2. The number of unbranched alkanes of at least 4 members (excludes halogenated alkanes) is 6. The summed E-state index contributed by atoms with van der Waals surface area (Å²) in [6.45, 7) is 16.4. The number of rotatable bonds is 11. The molecule has 1 heteroatoms. The molecule has 0 amide bonds. The van der Waals surface area contributed by atoms with Gasteiger partial charge in [0, 0.05) is 17.6 Å². The fourth-order valence-electron chi connectivity index (χ4n) is 3.64. The van der Waals surface area contributed by atoms with Crippen LogP contribution >= 0.6 is 0 Å². The lowest BCUT2D eigenvalue weighted by Crippen LogP contribution is -2.51. The van der Waals surface area contributed by atoms with Gasteiger partial charge in [0.25, 0.3) is 0 Å². The van der Waals surface area contributed by atoms with E-state index >= 15 is 0 Å². The molecule has 0 heterocycles. The SMILES string of the molecule is CCCCCCCCCC(C)(C)N(C(C)C)C(C)C. The molecule has 0 bridgehead atoms. The lowest BCUT2D eigenvalue weighted by Gasteiger charge is -2.44. The zero-order valence-electron chi connectivity index (χ0n) is 14.8. The summed E-state index contributed by atoms with van der Waals surface area (Å²) >= 11 is 0. The van der Waals surface area contributed by atoms with Crippen LogP contribution < -0.4 is 0 Å². The topological polar surface area (TPSA) is 3.24 Å². The lowest BCUT2D eigenvalue weighted by molar-refractivity contribution is 0.0426. The Balaban J connectivity index is 3.94. The predicted molar refractivity (Wildman–Crippen MR) is 88.8 cm³/mol. The number of hydrogen-bond acceptors (Lipinski definition) is 1. The molecular weight excluding hydrogens is 230 g/mol. The normalized spacial score (nSPS) is 12.9. The van der Waals surface area contributed by atoms with Crippen LogP contribution in [0.25, 0.3) is 0 Å². The van der Waals surface area contributed by atoms with E-state index in [1.807, 2.05) is 0 Å². The largest absolute Gasteiger partial charge is 0.293 e. The van der Waals surface area contributed by atoms with Gasteiger partial charge in [-0.2, -0.15) is 0 Å². The molecule has 0 N–H and O–H groups in total. The van der Waals surface area contributed by atoms with Gasteiger partial charge in [0.1, 0.15) is 0 Å². The first-order valence-electron chi connectivity index (χ1n) is 8.61. The van der Waals surface area contributed by atoms with Crippen molar-refractivity contribution in [3.8, 4) is 0 Å². The van der Waals surface area contributed by atoms with E-state index in [-0.39, 0.29) is 0 Å². The summed E-state index contributed by atoms with van der Waals surface area (Å²) in [5.74, 6) is 0. The van der Waals surface area contributed by atoms with Gasteiger partial charge in [-0.3, -0.25) is 4.90 Å². The Morgan fingerprint density at radius 2 is 1.16 bits per heavy atom. The molecule has 19 heavy (non-hydrogen) atoms. The minimum Gasteiger partial charge on any atom is -0.293 e. The molecule has 0 aromatic rings. The van der Waals surface area contributed by atoms with E-state index in [1.54, 1.807) is 0 Å². The highest BCUT2D eigenvalue weighted by Gasteiger charge is 2.30. The predicted octanol–water partition coefficient (Wildman–Crippen LogP) is 6.02. The molecule has 0 rings (SSSR count). The van der Waals surface area contributed by atoms with Gasteiger partial charge in [-0.1, -0.05) is 51.9 Å². The molecule has 0 aromatic heterocycles. The second-order valence-electron chi connectivity index (χ2n) is 7.28. The third-order valence-electron chi connectivity index (χ3n) is 4.20. The minimum absolute atomic E-state index is 0.339.